The van der Waals surface area contributed by atoms with Crippen LogP contribution in [0.4, 0.5) is 5.69 Å². The van der Waals surface area contributed by atoms with Gasteiger partial charge in [-0.1, -0.05) is 27.5 Å². The molecule has 1 N–H and O–H groups in total. The van der Waals surface area contributed by atoms with Crippen LogP contribution in [0, 0.1) is 23.7 Å². The quantitative estimate of drug-likeness (QED) is 0.588. The third-order valence-corrected chi connectivity index (χ3v) is 6.72. The number of carbonyl (C=O) groups excluding carboxylic acids is 3. The highest BCUT2D eigenvalue weighted by Crippen LogP contribution is 2.60. The van der Waals surface area contributed by atoms with E-state index in [1.54, 1.807) is 24.3 Å². The van der Waals surface area contributed by atoms with Crippen LogP contribution in [0.25, 0.3) is 0 Å². The summed E-state index contributed by atoms with van der Waals surface area (Å²) in [5, 5.41) is 3.19. The molecule has 2 aliphatic carbocycles. The molecule has 0 spiro atoms. The Labute approximate surface area is 157 Å². The van der Waals surface area contributed by atoms with Crippen molar-refractivity contribution in [3.05, 3.63) is 29.3 Å². The Hall–Kier alpha value is -1.60. The Morgan fingerprint density at radius 3 is 2.72 bits per heavy atom. The number of benzene rings is 1. The van der Waals surface area contributed by atoms with Crippen molar-refractivity contribution in [3.63, 3.8) is 0 Å². The Bertz CT molecular complexity index is 739. The van der Waals surface area contributed by atoms with E-state index in [4.69, 9.17) is 21.1 Å². The lowest BCUT2D eigenvalue weighted by Crippen LogP contribution is -2.39. The Morgan fingerprint density at radius 2 is 2.00 bits per heavy atom. The van der Waals surface area contributed by atoms with Crippen LogP contribution in [0.5, 0.6) is 0 Å². The largest absolute Gasteiger partial charge is 0.461 e. The monoisotopic (exact) mass is 427 g/mol. The molecule has 1 amide bonds. The standard InChI is InChI=1S/C17H15BrClNO5/c18-14-9-5-10-13(17(23)25-15(10)14)12(9)16(22)24-6-11(21)20-8-3-1-7(19)2-4-8/h1-4,9-10,12-15H,5-6H2,(H,20,21)/t9-,10-,12-,13+,14-,15+/m1/s1. The van der Waals surface area contributed by atoms with E-state index in [9.17, 15) is 14.4 Å². The minimum absolute atomic E-state index is 0.0123. The van der Waals surface area contributed by atoms with E-state index >= 15 is 0 Å². The smallest absolute Gasteiger partial charge is 0.310 e. The predicted molar refractivity (Wildman–Crippen MR) is 92.2 cm³/mol. The van der Waals surface area contributed by atoms with Gasteiger partial charge >= 0.3 is 11.9 Å². The van der Waals surface area contributed by atoms with Gasteiger partial charge in [-0.15, -0.1) is 0 Å². The van der Waals surface area contributed by atoms with Gasteiger partial charge in [-0.2, -0.15) is 0 Å². The average molecular weight is 429 g/mol. The number of anilines is 1. The molecule has 1 aromatic carbocycles. The van der Waals surface area contributed by atoms with Crippen molar-refractivity contribution < 1.29 is 23.9 Å². The molecule has 2 saturated carbocycles. The molecule has 6 atom stereocenters. The van der Waals surface area contributed by atoms with Gasteiger partial charge in [0.2, 0.25) is 0 Å². The molecule has 0 radical (unpaired) electrons. The summed E-state index contributed by atoms with van der Waals surface area (Å²) in [5.74, 6) is -2.17. The average Bonchev–Trinajstić information content (AvgIpc) is 3.19. The van der Waals surface area contributed by atoms with E-state index in [2.05, 4.69) is 21.2 Å². The number of ether oxygens (including phenoxy) is 2. The number of hydrogen-bond acceptors (Lipinski definition) is 5. The minimum Gasteiger partial charge on any atom is -0.461 e. The van der Waals surface area contributed by atoms with E-state index < -0.39 is 30.3 Å². The molecule has 3 fully saturated rings. The van der Waals surface area contributed by atoms with Crippen LogP contribution in [-0.2, 0) is 23.9 Å². The highest BCUT2D eigenvalue weighted by molar-refractivity contribution is 9.09. The molecule has 6 nitrogen and oxygen atoms in total. The Balaban J connectivity index is 1.35. The zero-order valence-corrected chi connectivity index (χ0v) is 15.3. The molecule has 3 aliphatic rings. The van der Waals surface area contributed by atoms with Crippen molar-refractivity contribution in [3.8, 4) is 0 Å². The summed E-state index contributed by atoms with van der Waals surface area (Å²) in [6.45, 7) is -0.395. The molecule has 0 aromatic heterocycles. The number of fused-ring (bicyclic) bond motifs is 1. The number of nitrogens with one attached hydrogen (secondary N) is 1. The van der Waals surface area contributed by atoms with Gasteiger partial charge in [0.25, 0.3) is 5.91 Å². The summed E-state index contributed by atoms with van der Waals surface area (Å²) in [5.41, 5.74) is 0.563. The van der Waals surface area contributed by atoms with Crippen LogP contribution >= 0.6 is 27.5 Å². The van der Waals surface area contributed by atoms with Gasteiger partial charge in [0.05, 0.1) is 16.7 Å². The number of amides is 1. The summed E-state index contributed by atoms with van der Waals surface area (Å²) in [6, 6.07) is 6.61. The summed E-state index contributed by atoms with van der Waals surface area (Å²) >= 11 is 9.33. The third kappa shape index (κ3) is 2.83. The summed E-state index contributed by atoms with van der Waals surface area (Å²) in [7, 11) is 0. The zero-order chi connectivity index (χ0) is 17.7. The molecule has 1 aromatic rings. The van der Waals surface area contributed by atoms with Crippen molar-refractivity contribution in [2.75, 3.05) is 11.9 Å². The maximum absolute atomic E-state index is 12.5. The van der Waals surface area contributed by atoms with Crippen molar-refractivity contribution in [1.82, 2.24) is 0 Å². The molecule has 0 unspecified atom stereocenters. The van der Waals surface area contributed by atoms with Crippen molar-refractivity contribution in [2.45, 2.75) is 17.4 Å². The summed E-state index contributed by atoms with van der Waals surface area (Å²) in [4.78, 5) is 36.4. The lowest BCUT2D eigenvalue weighted by atomic mass is 9.80. The van der Waals surface area contributed by atoms with Crippen LogP contribution in [0.3, 0.4) is 0 Å². The van der Waals surface area contributed by atoms with Crippen LogP contribution in [0.1, 0.15) is 6.42 Å². The Morgan fingerprint density at radius 1 is 1.28 bits per heavy atom. The first-order valence-corrected chi connectivity index (χ1v) is 9.31. The summed E-state index contributed by atoms with van der Waals surface area (Å²) < 4.78 is 10.5. The van der Waals surface area contributed by atoms with E-state index in [1.165, 1.54) is 0 Å². The van der Waals surface area contributed by atoms with Gasteiger partial charge in [0, 0.05) is 16.6 Å². The van der Waals surface area contributed by atoms with Gasteiger partial charge in [0.1, 0.15) is 6.10 Å². The Kier molecular flexibility index (Phi) is 4.24. The first-order chi connectivity index (χ1) is 12.0. The van der Waals surface area contributed by atoms with E-state index in [0.29, 0.717) is 10.7 Å². The van der Waals surface area contributed by atoms with E-state index in [0.717, 1.165) is 6.42 Å². The highest BCUT2D eigenvalue weighted by atomic mass is 79.9. The number of hydrogen-bond donors (Lipinski definition) is 1. The van der Waals surface area contributed by atoms with Crippen molar-refractivity contribution in [2.24, 2.45) is 23.7 Å². The molecule has 1 heterocycles. The van der Waals surface area contributed by atoms with Gasteiger partial charge in [-0.05, 0) is 36.6 Å². The van der Waals surface area contributed by atoms with E-state index in [-0.39, 0.29) is 28.7 Å². The predicted octanol–water partition coefficient (Wildman–Crippen LogP) is 2.39. The van der Waals surface area contributed by atoms with Gasteiger partial charge in [0.15, 0.2) is 6.61 Å². The minimum atomic E-state index is -0.538. The normalized spacial score (nSPS) is 34.7. The van der Waals surface area contributed by atoms with Crippen LogP contribution in [-0.4, -0.2) is 35.4 Å². The number of esters is 2. The first-order valence-electron chi connectivity index (χ1n) is 8.02. The van der Waals surface area contributed by atoms with Crippen molar-refractivity contribution >= 4 is 51.1 Å². The van der Waals surface area contributed by atoms with Crippen LogP contribution in [0.15, 0.2) is 24.3 Å². The molecule has 25 heavy (non-hydrogen) atoms. The molecule has 1 saturated heterocycles. The maximum Gasteiger partial charge on any atom is 0.310 e. The van der Waals surface area contributed by atoms with Gasteiger partial charge in [-0.25, -0.2) is 0 Å². The number of rotatable bonds is 4. The number of halogens is 2. The maximum atomic E-state index is 12.5. The van der Waals surface area contributed by atoms with Gasteiger partial charge < -0.3 is 14.8 Å². The number of carbonyl (C=O) groups is 3. The van der Waals surface area contributed by atoms with Crippen molar-refractivity contribution in [1.29, 1.82) is 0 Å². The molecule has 4 rings (SSSR count). The second-order valence-corrected chi connectivity index (χ2v) is 8.12. The zero-order valence-electron chi connectivity index (χ0n) is 13.0. The molecule has 2 bridgehead atoms. The fourth-order valence-corrected chi connectivity index (χ4v) is 5.43. The highest BCUT2D eigenvalue weighted by Gasteiger charge is 2.68. The summed E-state index contributed by atoms with van der Waals surface area (Å²) in [6.07, 6.45) is 0.632. The second kappa shape index (κ2) is 6.29. The van der Waals surface area contributed by atoms with Gasteiger partial charge in [-0.3, -0.25) is 14.4 Å². The number of alkyl halides is 1. The van der Waals surface area contributed by atoms with Crippen LogP contribution in [0.2, 0.25) is 5.02 Å². The van der Waals surface area contributed by atoms with Crippen LogP contribution < -0.4 is 5.32 Å². The third-order valence-electron chi connectivity index (χ3n) is 5.27. The SMILES string of the molecule is O=C(COC(=O)[C@@H]1[C@H]2C[C@H]3[C@H](OC(=O)[C@@H]31)[C@@H]2Br)Nc1ccc(Cl)cc1. The molecule has 132 valence electrons. The molecular weight excluding hydrogens is 414 g/mol. The molecule has 8 heteroatoms. The lowest BCUT2D eigenvalue weighted by molar-refractivity contribution is -0.157. The molecule has 1 aliphatic heterocycles. The fraction of sp³-hybridized carbons (Fsp3) is 0.471. The lowest BCUT2D eigenvalue weighted by Gasteiger charge is -2.26. The second-order valence-electron chi connectivity index (χ2n) is 6.62. The first kappa shape index (κ1) is 16.8. The topological polar surface area (TPSA) is 81.7 Å². The van der Waals surface area contributed by atoms with E-state index in [1.807, 2.05) is 0 Å². The molecular formula is C17H15BrClNO5. The fourth-order valence-electron chi connectivity index (χ4n) is 4.26.